The van der Waals surface area contributed by atoms with Crippen LogP contribution in [0.3, 0.4) is 0 Å². The van der Waals surface area contributed by atoms with Gasteiger partial charge >= 0.3 is 5.97 Å². The Morgan fingerprint density at radius 2 is 2.20 bits per heavy atom. The zero-order valence-corrected chi connectivity index (χ0v) is 12.7. The molecule has 1 aromatic rings. The molecule has 0 radical (unpaired) electrons. The molecule has 1 fully saturated rings. The Balaban J connectivity index is 1.84. The average molecular weight is 296 g/mol. The number of carboxylic acids is 1. The van der Waals surface area contributed by atoms with Crippen LogP contribution in [0.4, 0.5) is 0 Å². The van der Waals surface area contributed by atoms with Gasteiger partial charge in [0.2, 0.25) is 5.91 Å². The third-order valence-electron chi connectivity index (χ3n) is 4.01. The number of aromatic nitrogens is 1. The van der Waals surface area contributed by atoms with Gasteiger partial charge in [-0.15, -0.1) is 11.3 Å². The smallest absolute Gasteiger partial charge is 0.310 e. The molecule has 110 valence electrons. The summed E-state index contributed by atoms with van der Waals surface area (Å²) in [5.74, 6) is -0.915. The first-order valence-corrected chi connectivity index (χ1v) is 7.63. The molecular formula is C14H20N2O3S. The quantitative estimate of drug-likeness (QED) is 0.872. The van der Waals surface area contributed by atoms with Gasteiger partial charge in [0, 0.05) is 37.5 Å². The van der Waals surface area contributed by atoms with Crippen molar-refractivity contribution in [1.29, 1.82) is 0 Å². The van der Waals surface area contributed by atoms with Gasteiger partial charge in [-0.05, 0) is 19.8 Å². The second-order valence-corrected chi connectivity index (χ2v) is 6.87. The zero-order chi connectivity index (χ0) is 14.8. The van der Waals surface area contributed by atoms with Crippen molar-refractivity contribution < 1.29 is 14.7 Å². The molecule has 0 unspecified atom stereocenters. The standard InChI is InChI=1S/C14H20N2O3S/c1-10-9-15-11(20-10)4-7-16(2)12(17)8-14(13(18)19)5-3-6-14/h9H,3-8H2,1-2H3,(H,18,19). The summed E-state index contributed by atoms with van der Waals surface area (Å²) in [6, 6.07) is 0. The Hall–Kier alpha value is -1.43. The van der Waals surface area contributed by atoms with Crippen LogP contribution in [0.15, 0.2) is 6.20 Å². The van der Waals surface area contributed by atoms with Crippen LogP contribution < -0.4 is 0 Å². The van der Waals surface area contributed by atoms with E-state index in [1.54, 1.807) is 23.3 Å². The van der Waals surface area contributed by atoms with Crippen LogP contribution in [0.25, 0.3) is 0 Å². The number of hydrogen-bond donors (Lipinski definition) is 1. The van der Waals surface area contributed by atoms with Crippen molar-refractivity contribution in [2.45, 2.75) is 39.0 Å². The molecule has 0 aliphatic heterocycles. The second-order valence-electron chi connectivity index (χ2n) is 5.55. The molecule has 0 aromatic carbocycles. The Bertz CT molecular complexity index is 508. The highest BCUT2D eigenvalue weighted by atomic mass is 32.1. The lowest BCUT2D eigenvalue weighted by Crippen LogP contribution is -2.43. The van der Waals surface area contributed by atoms with E-state index in [1.165, 1.54) is 0 Å². The van der Waals surface area contributed by atoms with E-state index in [-0.39, 0.29) is 12.3 Å². The lowest BCUT2D eigenvalue weighted by Gasteiger charge is -2.37. The predicted octanol–water partition coefficient (Wildman–Crippen LogP) is 2.10. The van der Waals surface area contributed by atoms with Crippen molar-refractivity contribution in [3.8, 4) is 0 Å². The minimum atomic E-state index is -0.832. The summed E-state index contributed by atoms with van der Waals surface area (Å²) < 4.78 is 0. The molecule has 1 N–H and O–H groups in total. The molecule has 0 bridgehead atoms. The predicted molar refractivity (Wildman–Crippen MR) is 76.7 cm³/mol. The maximum atomic E-state index is 12.1. The van der Waals surface area contributed by atoms with Gasteiger partial charge < -0.3 is 10.0 Å². The lowest BCUT2D eigenvalue weighted by atomic mass is 9.66. The van der Waals surface area contributed by atoms with Crippen LogP contribution in [-0.2, 0) is 16.0 Å². The molecule has 0 atom stereocenters. The summed E-state index contributed by atoms with van der Waals surface area (Å²) in [5.41, 5.74) is -0.802. The molecule has 1 heterocycles. The maximum absolute atomic E-state index is 12.1. The SMILES string of the molecule is Cc1cnc(CCN(C)C(=O)CC2(C(=O)O)CCC2)s1. The molecule has 2 rings (SSSR count). The number of nitrogens with zero attached hydrogens (tertiary/aromatic N) is 2. The Labute approximate surface area is 122 Å². The van der Waals surface area contributed by atoms with Crippen molar-refractivity contribution in [1.82, 2.24) is 9.88 Å². The number of rotatable bonds is 6. The fourth-order valence-corrected chi connectivity index (χ4v) is 3.18. The van der Waals surface area contributed by atoms with Crippen LogP contribution >= 0.6 is 11.3 Å². The summed E-state index contributed by atoms with van der Waals surface area (Å²) in [7, 11) is 1.73. The molecule has 0 saturated heterocycles. The summed E-state index contributed by atoms with van der Waals surface area (Å²) in [5, 5.41) is 10.3. The number of likely N-dealkylation sites (N-methyl/N-ethyl adjacent to an activating group) is 1. The van der Waals surface area contributed by atoms with Crippen LogP contribution in [0, 0.1) is 12.3 Å². The van der Waals surface area contributed by atoms with E-state index in [1.807, 2.05) is 13.1 Å². The number of aliphatic carboxylic acids is 1. The van der Waals surface area contributed by atoms with E-state index in [2.05, 4.69) is 4.98 Å². The van der Waals surface area contributed by atoms with E-state index < -0.39 is 11.4 Å². The summed E-state index contributed by atoms with van der Waals surface area (Å²) >= 11 is 1.63. The lowest BCUT2D eigenvalue weighted by molar-refractivity contribution is -0.159. The van der Waals surface area contributed by atoms with Crippen molar-refractivity contribution >= 4 is 23.2 Å². The number of carbonyl (C=O) groups is 2. The van der Waals surface area contributed by atoms with E-state index in [9.17, 15) is 14.7 Å². The normalized spacial score (nSPS) is 16.5. The van der Waals surface area contributed by atoms with E-state index >= 15 is 0 Å². The monoisotopic (exact) mass is 296 g/mol. The molecule has 0 spiro atoms. The molecular weight excluding hydrogens is 276 g/mol. The fraction of sp³-hybridized carbons (Fsp3) is 0.643. The number of aryl methyl sites for hydroxylation is 1. The Kier molecular flexibility index (Phi) is 4.42. The molecule has 5 nitrogen and oxygen atoms in total. The highest BCUT2D eigenvalue weighted by molar-refractivity contribution is 7.11. The largest absolute Gasteiger partial charge is 0.481 e. The Morgan fingerprint density at radius 3 is 2.65 bits per heavy atom. The van der Waals surface area contributed by atoms with Crippen LogP contribution in [0.1, 0.15) is 35.6 Å². The highest BCUT2D eigenvalue weighted by Crippen LogP contribution is 2.44. The molecule has 6 heteroatoms. The van der Waals surface area contributed by atoms with Gasteiger partial charge in [-0.25, -0.2) is 4.98 Å². The first kappa shape index (κ1) is 15.0. The van der Waals surface area contributed by atoms with E-state index in [0.29, 0.717) is 19.4 Å². The van der Waals surface area contributed by atoms with Gasteiger partial charge in [0.1, 0.15) is 0 Å². The maximum Gasteiger partial charge on any atom is 0.310 e. The van der Waals surface area contributed by atoms with Gasteiger partial charge in [-0.3, -0.25) is 9.59 Å². The van der Waals surface area contributed by atoms with E-state index in [4.69, 9.17) is 0 Å². The van der Waals surface area contributed by atoms with E-state index in [0.717, 1.165) is 22.7 Å². The minimum absolute atomic E-state index is 0.0830. The zero-order valence-electron chi connectivity index (χ0n) is 11.9. The number of carboxylic acid groups (broad SMARTS) is 1. The van der Waals surface area contributed by atoms with Crippen molar-refractivity contribution in [3.05, 3.63) is 16.1 Å². The molecule has 1 amide bonds. The molecule has 1 aliphatic carbocycles. The first-order chi connectivity index (χ1) is 9.43. The number of amides is 1. The van der Waals surface area contributed by atoms with Gasteiger partial charge in [0.15, 0.2) is 0 Å². The molecule has 1 aromatic heterocycles. The fourth-order valence-electron chi connectivity index (χ4n) is 2.40. The van der Waals surface area contributed by atoms with Crippen molar-refractivity contribution in [3.63, 3.8) is 0 Å². The summed E-state index contributed by atoms with van der Waals surface area (Å²) in [4.78, 5) is 30.4. The number of hydrogen-bond acceptors (Lipinski definition) is 4. The molecule has 1 saturated carbocycles. The summed E-state index contributed by atoms with van der Waals surface area (Å²) in [6.07, 6.45) is 4.81. The van der Waals surface area contributed by atoms with Gasteiger partial charge in [0.25, 0.3) is 0 Å². The topological polar surface area (TPSA) is 70.5 Å². The summed E-state index contributed by atoms with van der Waals surface area (Å²) in [6.45, 7) is 2.59. The average Bonchev–Trinajstić information content (AvgIpc) is 2.75. The van der Waals surface area contributed by atoms with Gasteiger partial charge in [0.05, 0.1) is 10.4 Å². The number of thiazole rings is 1. The first-order valence-electron chi connectivity index (χ1n) is 6.82. The van der Waals surface area contributed by atoms with Crippen LogP contribution in [-0.4, -0.2) is 40.5 Å². The number of carbonyl (C=O) groups excluding carboxylic acids is 1. The van der Waals surface area contributed by atoms with Gasteiger partial charge in [-0.2, -0.15) is 0 Å². The third kappa shape index (κ3) is 3.17. The van der Waals surface area contributed by atoms with Crippen LogP contribution in [0.5, 0.6) is 0 Å². The minimum Gasteiger partial charge on any atom is -0.481 e. The Morgan fingerprint density at radius 1 is 1.50 bits per heavy atom. The van der Waals surface area contributed by atoms with Crippen molar-refractivity contribution in [2.24, 2.45) is 5.41 Å². The van der Waals surface area contributed by atoms with Gasteiger partial charge in [-0.1, -0.05) is 6.42 Å². The second kappa shape index (κ2) is 5.91. The molecule has 1 aliphatic rings. The van der Waals surface area contributed by atoms with Crippen LogP contribution in [0.2, 0.25) is 0 Å². The molecule has 20 heavy (non-hydrogen) atoms. The third-order valence-corrected chi connectivity index (χ3v) is 4.98. The highest BCUT2D eigenvalue weighted by Gasteiger charge is 2.46. The van der Waals surface area contributed by atoms with Crippen molar-refractivity contribution in [2.75, 3.05) is 13.6 Å².